The van der Waals surface area contributed by atoms with Gasteiger partial charge < -0.3 is 19.5 Å². The summed E-state index contributed by atoms with van der Waals surface area (Å²) in [6, 6.07) is 8.61. The van der Waals surface area contributed by atoms with E-state index in [1.165, 1.54) is 21.6 Å². The average Bonchev–Trinajstić information content (AvgIpc) is 3.17. The highest BCUT2D eigenvalue weighted by atomic mass is 19.2. The first-order valence-corrected chi connectivity index (χ1v) is 13.3. The molecule has 0 aliphatic carbocycles. The largest absolute Gasteiger partial charge is 0.481 e. The Hall–Kier alpha value is -3.85. The maximum absolute atomic E-state index is 15.4. The van der Waals surface area contributed by atoms with Crippen LogP contribution in [-0.4, -0.2) is 58.0 Å². The second-order valence-electron chi connectivity index (χ2n) is 10.9. The smallest absolute Gasteiger partial charge is 0.305 e. The van der Waals surface area contributed by atoms with E-state index in [4.69, 9.17) is 0 Å². The minimum atomic E-state index is -1.27. The van der Waals surface area contributed by atoms with Gasteiger partial charge in [0.05, 0.1) is 12.5 Å². The summed E-state index contributed by atoms with van der Waals surface area (Å²) in [7, 11) is 3.88. The number of hydrogen-bond acceptors (Lipinski definition) is 4. The fraction of sp³-hybridized carbons (Fsp3) is 0.387. The standard InChI is InChI=1S/C31H35F2N3O4/c1-18-7-6-8-19(2)29(18)22-14-23(30(33)24(32)15-22)25(16-28(38)39)36-20(3)13-26(31(36)40)35-17-21(9-10-27(35)37)11-12-34(4)5/h6-10,14-15,17,20,25-26H,11-13,16H2,1-5H3,(H,38,39). The summed E-state index contributed by atoms with van der Waals surface area (Å²) < 4.78 is 31.9. The van der Waals surface area contributed by atoms with Gasteiger partial charge in [-0.3, -0.25) is 14.4 Å². The highest BCUT2D eigenvalue weighted by Gasteiger charge is 2.44. The van der Waals surface area contributed by atoms with Crippen molar-refractivity contribution in [1.29, 1.82) is 0 Å². The molecule has 1 N–H and O–H groups in total. The Morgan fingerprint density at radius 3 is 2.40 bits per heavy atom. The van der Waals surface area contributed by atoms with E-state index < -0.39 is 48.1 Å². The number of halogens is 2. The van der Waals surface area contributed by atoms with Crippen LogP contribution < -0.4 is 5.56 Å². The van der Waals surface area contributed by atoms with Crippen molar-refractivity contribution in [3.8, 4) is 11.1 Å². The molecule has 2 aromatic carbocycles. The van der Waals surface area contributed by atoms with Crippen molar-refractivity contribution in [1.82, 2.24) is 14.4 Å². The number of carboxylic acids is 1. The van der Waals surface area contributed by atoms with E-state index in [2.05, 4.69) is 0 Å². The van der Waals surface area contributed by atoms with Crippen molar-refractivity contribution in [3.63, 3.8) is 0 Å². The molecular weight excluding hydrogens is 516 g/mol. The monoisotopic (exact) mass is 551 g/mol. The summed E-state index contributed by atoms with van der Waals surface area (Å²) in [5.74, 6) is -4.06. The van der Waals surface area contributed by atoms with Crippen LogP contribution >= 0.6 is 0 Å². The number of benzene rings is 2. The lowest BCUT2D eigenvalue weighted by atomic mass is 9.91. The number of aliphatic carboxylic acids is 1. The molecule has 2 heterocycles. The van der Waals surface area contributed by atoms with Gasteiger partial charge in [0.2, 0.25) is 5.91 Å². The van der Waals surface area contributed by atoms with Gasteiger partial charge in [-0.05, 0) is 87.7 Å². The minimum absolute atomic E-state index is 0.201. The second kappa shape index (κ2) is 11.7. The predicted octanol–water partition coefficient (Wildman–Crippen LogP) is 4.89. The van der Waals surface area contributed by atoms with Crippen LogP contribution in [0.2, 0.25) is 0 Å². The number of nitrogens with zero attached hydrogens (tertiary/aromatic N) is 3. The van der Waals surface area contributed by atoms with Crippen molar-refractivity contribution in [2.75, 3.05) is 20.6 Å². The zero-order valence-electron chi connectivity index (χ0n) is 23.4. The number of hydrogen-bond donors (Lipinski definition) is 1. The molecule has 40 heavy (non-hydrogen) atoms. The summed E-state index contributed by atoms with van der Waals surface area (Å²) in [5, 5.41) is 9.77. The molecule has 212 valence electrons. The van der Waals surface area contributed by atoms with E-state index in [0.717, 1.165) is 34.9 Å². The summed E-state index contributed by atoms with van der Waals surface area (Å²) in [5.41, 5.74) is 3.15. The molecule has 7 nitrogen and oxygen atoms in total. The summed E-state index contributed by atoms with van der Waals surface area (Å²) in [6.07, 6.45) is 1.95. The van der Waals surface area contributed by atoms with E-state index in [1.54, 1.807) is 19.2 Å². The van der Waals surface area contributed by atoms with E-state index in [0.29, 0.717) is 12.0 Å². The highest BCUT2D eigenvalue weighted by Crippen LogP contribution is 2.40. The number of likely N-dealkylation sites (N-methyl/N-ethyl adjacent to an activating group) is 1. The summed E-state index contributed by atoms with van der Waals surface area (Å²) in [6.45, 7) is 6.21. The minimum Gasteiger partial charge on any atom is -0.481 e. The Bertz CT molecular complexity index is 1480. The molecule has 3 atom stereocenters. The Balaban J connectivity index is 1.78. The van der Waals surface area contributed by atoms with Crippen molar-refractivity contribution >= 4 is 11.9 Å². The molecule has 0 radical (unpaired) electrons. The van der Waals surface area contributed by atoms with Gasteiger partial charge in [0.1, 0.15) is 6.04 Å². The molecule has 1 amide bonds. The van der Waals surface area contributed by atoms with Gasteiger partial charge in [0, 0.05) is 30.4 Å². The highest BCUT2D eigenvalue weighted by molar-refractivity contribution is 5.84. The average molecular weight is 552 g/mol. The molecule has 1 fully saturated rings. The number of amides is 1. The maximum Gasteiger partial charge on any atom is 0.305 e. The fourth-order valence-electron chi connectivity index (χ4n) is 5.70. The van der Waals surface area contributed by atoms with Gasteiger partial charge in [0.15, 0.2) is 11.6 Å². The molecule has 4 rings (SSSR count). The Kier molecular flexibility index (Phi) is 8.54. The molecule has 0 saturated carbocycles. The quantitative estimate of drug-likeness (QED) is 0.410. The van der Waals surface area contributed by atoms with Crippen LogP contribution in [0.3, 0.4) is 0 Å². The number of aryl methyl sites for hydroxylation is 2. The van der Waals surface area contributed by atoms with Crippen molar-refractivity contribution in [3.05, 3.63) is 92.9 Å². The molecular formula is C31H35F2N3O4. The molecule has 0 spiro atoms. The molecule has 9 heteroatoms. The SMILES string of the molecule is Cc1cccc(C)c1-c1cc(F)c(F)c(C(CC(=O)O)N2C(=O)C(n3cc(CCN(C)C)ccc3=O)CC2C)c1. The van der Waals surface area contributed by atoms with Crippen molar-refractivity contribution in [2.24, 2.45) is 0 Å². The second-order valence-corrected chi connectivity index (χ2v) is 10.9. The molecule has 1 aliphatic heterocycles. The van der Waals surface area contributed by atoms with Crippen LogP contribution in [0.4, 0.5) is 8.78 Å². The molecule has 0 bridgehead atoms. The lowest BCUT2D eigenvalue weighted by Crippen LogP contribution is -2.39. The lowest BCUT2D eigenvalue weighted by Gasteiger charge is -2.32. The van der Waals surface area contributed by atoms with Gasteiger partial charge in [-0.15, -0.1) is 0 Å². The number of carbonyl (C=O) groups excluding carboxylic acids is 1. The normalized spacial score (nSPS) is 18.0. The number of rotatable bonds is 9. The lowest BCUT2D eigenvalue weighted by molar-refractivity contribution is -0.141. The number of aromatic nitrogens is 1. The van der Waals surface area contributed by atoms with E-state index in [1.807, 2.05) is 51.0 Å². The van der Waals surface area contributed by atoms with Crippen LogP contribution in [0.15, 0.2) is 53.5 Å². The molecule has 3 unspecified atom stereocenters. The number of likely N-dealkylation sites (tertiary alicyclic amines) is 1. The van der Waals surface area contributed by atoms with E-state index >= 15 is 8.78 Å². The Morgan fingerprint density at radius 1 is 1.10 bits per heavy atom. The predicted molar refractivity (Wildman–Crippen MR) is 149 cm³/mol. The van der Waals surface area contributed by atoms with Gasteiger partial charge in [-0.1, -0.05) is 24.3 Å². The van der Waals surface area contributed by atoms with Gasteiger partial charge >= 0.3 is 5.97 Å². The van der Waals surface area contributed by atoms with Crippen LogP contribution in [0.5, 0.6) is 0 Å². The van der Waals surface area contributed by atoms with Crippen LogP contribution in [0.25, 0.3) is 11.1 Å². The van der Waals surface area contributed by atoms with Gasteiger partial charge in [-0.25, -0.2) is 8.78 Å². The van der Waals surface area contributed by atoms with Crippen LogP contribution in [-0.2, 0) is 16.0 Å². The number of carboxylic acid groups (broad SMARTS) is 1. The number of carbonyl (C=O) groups is 2. The third-order valence-corrected chi connectivity index (χ3v) is 7.65. The zero-order valence-corrected chi connectivity index (χ0v) is 23.4. The fourth-order valence-corrected chi connectivity index (χ4v) is 5.70. The van der Waals surface area contributed by atoms with Crippen LogP contribution in [0, 0.1) is 25.5 Å². The Morgan fingerprint density at radius 2 is 1.77 bits per heavy atom. The Labute approximate surface area is 232 Å². The first-order valence-electron chi connectivity index (χ1n) is 13.3. The van der Waals surface area contributed by atoms with Crippen molar-refractivity contribution < 1.29 is 23.5 Å². The van der Waals surface area contributed by atoms with Crippen molar-refractivity contribution in [2.45, 2.75) is 58.2 Å². The third-order valence-electron chi connectivity index (χ3n) is 7.65. The molecule has 1 aromatic heterocycles. The summed E-state index contributed by atoms with van der Waals surface area (Å²) >= 11 is 0. The topological polar surface area (TPSA) is 82.8 Å². The molecule has 3 aromatic rings. The zero-order chi connectivity index (χ0) is 29.3. The van der Waals surface area contributed by atoms with Gasteiger partial charge in [0.25, 0.3) is 5.56 Å². The van der Waals surface area contributed by atoms with Crippen LogP contribution in [0.1, 0.15) is 54.1 Å². The summed E-state index contributed by atoms with van der Waals surface area (Å²) in [4.78, 5) is 42.0. The molecule has 1 aliphatic rings. The first kappa shape index (κ1) is 29.1. The van der Waals surface area contributed by atoms with Gasteiger partial charge in [-0.2, -0.15) is 0 Å². The number of pyridine rings is 1. The third kappa shape index (κ3) is 5.84. The maximum atomic E-state index is 15.4. The first-order chi connectivity index (χ1) is 18.9. The van der Waals surface area contributed by atoms with E-state index in [-0.39, 0.29) is 17.5 Å². The molecule has 1 saturated heterocycles. The van der Waals surface area contributed by atoms with E-state index in [9.17, 15) is 19.5 Å².